The molecule has 0 aliphatic rings. The summed E-state index contributed by atoms with van der Waals surface area (Å²) in [5, 5.41) is 0. The SMILES string of the molecule is Cl.N[C@@H](Cc1ccccc1)C(F)(F)F. The quantitative estimate of drug-likeness (QED) is 0.823. The van der Waals surface area contributed by atoms with E-state index < -0.39 is 12.2 Å². The molecule has 0 aromatic heterocycles. The summed E-state index contributed by atoms with van der Waals surface area (Å²) in [6.07, 6.45) is -4.47. The molecule has 0 spiro atoms. The summed E-state index contributed by atoms with van der Waals surface area (Å²) in [6, 6.07) is 6.63. The van der Waals surface area contributed by atoms with Crippen LogP contribution in [0.1, 0.15) is 5.56 Å². The fourth-order valence-corrected chi connectivity index (χ4v) is 0.984. The van der Waals surface area contributed by atoms with E-state index in [0.717, 1.165) is 0 Å². The zero-order valence-electron chi connectivity index (χ0n) is 7.29. The van der Waals surface area contributed by atoms with Crippen LogP contribution >= 0.6 is 12.4 Å². The largest absolute Gasteiger partial charge is 0.403 e. The van der Waals surface area contributed by atoms with E-state index in [1.165, 1.54) is 0 Å². The number of alkyl halides is 3. The minimum absolute atomic E-state index is 0. The van der Waals surface area contributed by atoms with Gasteiger partial charge in [0.15, 0.2) is 0 Å². The molecule has 0 aliphatic carbocycles. The molecular weight excluding hydrogens is 215 g/mol. The number of benzene rings is 1. The topological polar surface area (TPSA) is 26.0 Å². The van der Waals surface area contributed by atoms with Crippen LogP contribution in [0.15, 0.2) is 30.3 Å². The van der Waals surface area contributed by atoms with Crippen LogP contribution in [0.5, 0.6) is 0 Å². The predicted molar refractivity (Wildman–Crippen MR) is 51.4 cm³/mol. The molecule has 80 valence electrons. The zero-order valence-corrected chi connectivity index (χ0v) is 8.11. The summed E-state index contributed by atoms with van der Waals surface area (Å²) in [6.45, 7) is 0. The lowest BCUT2D eigenvalue weighted by atomic mass is 10.1. The molecule has 0 saturated carbocycles. The van der Waals surface area contributed by atoms with E-state index in [9.17, 15) is 13.2 Å². The van der Waals surface area contributed by atoms with E-state index in [1.807, 2.05) is 0 Å². The van der Waals surface area contributed by atoms with E-state index in [2.05, 4.69) is 0 Å². The summed E-state index contributed by atoms with van der Waals surface area (Å²) in [4.78, 5) is 0. The van der Waals surface area contributed by atoms with Gasteiger partial charge in [0, 0.05) is 0 Å². The summed E-state index contributed by atoms with van der Waals surface area (Å²) in [5.74, 6) is 0. The lowest BCUT2D eigenvalue weighted by Gasteiger charge is -2.14. The molecule has 0 bridgehead atoms. The number of halogens is 4. The fourth-order valence-electron chi connectivity index (χ4n) is 0.984. The van der Waals surface area contributed by atoms with E-state index in [-0.39, 0.29) is 18.8 Å². The van der Waals surface area contributed by atoms with Gasteiger partial charge in [-0.3, -0.25) is 0 Å². The Bertz CT molecular complexity index is 261. The molecule has 1 rings (SSSR count). The standard InChI is InChI=1S/C9H10F3N.ClH/c10-9(11,12)8(13)6-7-4-2-1-3-5-7;/h1-5,8H,6,13H2;1H/t8-;/m0./s1. The van der Waals surface area contributed by atoms with Crippen LogP contribution in [-0.4, -0.2) is 12.2 Å². The highest BCUT2D eigenvalue weighted by atomic mass is 35.5. The van der Waals surface area contributed by atoms with Crippen molar-refractivity contribution in [3.8, 4) is 0 Å². The summed E-state index contributed by atoms with van der Waals surface area (Å²) < 4.78 is 36.0. The molecular formula is C9H11ClF3N. The fraction of sp³-hybridized carbons (Fsp3) is 0.333. The van der Waals surface area contributed by atoms with Crippen molar-refractivity contribution >= 4 is 12.4 Å². The van der Waals surface area contributed by atoms with Crippen molar-refractivity contribution in [1.82, 2.24) is 0 Å². The Kier molecular flexibility index (Phi) is 4.94. The normalized spacial score (nSPS) is 13.1. The third-order valence-corrected chi connectivity index (χ3v) is 1.72. The highest BCUT2D eigenvalue weighted by Gasteiger charge is 2.36. The van der Waals surface area contributed by atoms with Crippen molar-refractivity contribution in [3.63, 3.8) is 0 Å². The molecule has 0 saturated heterocycles. The van der Waals surface area contributed by atoms with Crippen LogP contribution in [0.3, 0.4) is 0 Å². The van der Waals surface area contributed by atoms with Crippen molar-refractivity contribution in [2.24, 2.45) is 5.73 Å². The summed E-state index contributed by atoms with van der Waals surface area (Å²) in [7, 11) is 0. The van der Waals surface area contributed by atoms with Gasteiger partial charge < -0.3 is 5.73 Å². The first-order valence-electron chi connectivity index (χ1n) is 3.86. The second-order valence-corrected chi connectivity index (χ2v) is 2.84. The highest BCUT2D eigenvalue weighted by Crippen LogP contribution is 2.21. The second-order valence-electron chi connectivity index (χ2n) is 2.84. The highest BCUT2D eigenvalue weighted by molar-refractivity contribution is 5.85. The maximum absolute atomic E-state index is 12.0. The Labute approximate surface area is 86.5 Å². The third-order valence-electron chi connectivity index (χ3n) is 1.72. The van der Waals surface area contributed by atoms with Crippen molar-refractivity contribution in [2.45, 2.75) is 18.6 Å². The van der Waals surface area contributed by atoms with Gasteiger partial charge in [-0.25, -0.2) is 0 Å². The van der Waals surface area contributed by atoms with Gasteiger partial charge in [0.2, 0.25) is 0 Å². The van der Waals surface area contributed by atoms with Crippen molar-refractivity contribution < 1.29 is 13.2 Å². The summed E-state index contributed by atoms with van der Waals surface area (Å²) >= 11 is 0. The van der Waals surface area contributed by atoms with Crippen molar-refractivity contribution in [2.75, 3.05) is 0 Å². The molecule has 1 aromatic rings. The number of hydrogen-bond acceptors (Lipinski definition) is 1. The molecule has 0 radical (unpaired) electrons. The van der Waals surface area contributed by atoms with Crippen molar-refractivity contribution in [3.05, 3.63) is 35.9 Å². The molecule has 0 aliphatic heterocycles. The second kappa shape index (κ2) is 5.22. The minimum Gasteiger partial charge on any atom is -0.320 e. The maximum atomic E-state index is 12.0. The van der Waals surface area contributed by atoms with Gasteiger partial charge >= 0.3 is 6.18 Å². The van der Waals surface area contributed by atoms with Gasteiger partial charge in [0.25, 0.3) is 0 Å². The Balaban J connectivity index is 0.00000169. The molecule has 2 N–H and O–H groups in total. The van der Waals surface area contributed by atoms with Crippen LogP contribution < -0.4 is 5.73 Å². The number of rotatable bonds is 2. The molecule has 0 fully saturated rings. The lowest BCUT2D eigenvalue weighted by Crippen LogP contribution is -2.39. The van der Waals surface area contributed by atoms with Gasteiger partial charge in [-0.2, -0.15) is 13.2 Å². The summed E-state index contributed by atoms with van der Waals surface area (Å²) in [5.41, 5.74) is 5.56. The average Bonchev–Trinajstić information content (AvgIpc) is 2.04. The Hall–Kier alpha value is -0.740. The minimum atomic E-state index is -4.31. The van der Waals surface area contributed by atoms with E-state index in [1.54, 1.807) is 30.3 Å². The molecule has 1 nitrogen and oxygen atoms in total. The van der Waals surface area contributed by atoms with E-state index >= 15 is 0 Å². The molecule has 14 heavy (non-hydrogen) atoms. The first kappa shape index (κ1) is 13.3. The Morgan fingerprint density at radius 3 is 2.07 bits per heavy atom. The lowest BCUT2D eigenvalue weighted by molar-refractivity contribution is -0.147. The molecule has 0 heterocycles. The average molecular weight is 226 g/mol. The molecule has 1 aromatic carbocycles. The van der Waals surface area contributed by atoms with E-state index in [4.69, 9.17) is 5.73 Å². The number of nitrogens with two attached hydrogens (primary N) is 1. The van der Waals surface area contributed by atoms with Gasteiger partial charge in [-0.1, -0.05) is 30.3 Å². The van der Waals surface area contributed by atoms with Gasteiger partial charge in [-0.05, 0) is 12.0 Å². The third kappa shape index (κ3) is 3.98. The van der Waals surface area contributed by atoms with Crippen LogP contribution in [0.25, 0.3) is 0 Å². The van der Waals surface area contributed by atoms with Crippen molar-refractivity contribution in [1.29, 1.82) is 0 Å². The zero-order chi connectivity index (χ0) is 9.90. The molecule has 1 atom stereocenters. The predicted octanol–water partition coefficient (Wildman–Crippen LogP) is 2.54. The maximum Gasteiger partial charge on any atom is 0.403 e. The van der Waals surface area contributed by atoms with Crippen LogP contribution in [0.2, 0.25) is 0 Å². The Morgan fingerprint density at radius 2 is 1.64 bits per heavy atom. The first-order valence-corrected chi connectivity index (χ1v) is 3.86. The van der Waals surface area contributed by atoms with Crippen LogP contribution in [0, 0.1) is 0 Å². The number of hydrogen-bond donors (Lipinski definition) is 1. The Morgan fingerprint density at radius 1 is 1.14 bits per heavy atom. The van der Waals surface area contributed by atoms with Gasteiger partial charge in [0.1, 0.15) is 6.04 Å². The van der Waals surface area contributed by atoms with Crippen LogP contribution in [0.4, 0.5) is 13.2 Å². The van der Waals surface area contributed by atoms with Gasteiger partial charge in [-0.15, -0.1) is 12.4 Å². The van der Waals surface area contributed by atoms with E-state index in [0.29, 0.717) is 5.56 Å². The first-order chi connectivity index (χ1) is 6.00. The van der Waals surface area contributed by atoms with Crippen LogP contribution in [-0.2, 0) is 6.42 Å². The molecule has 5 heteroatoms. The monoisotopic (exact) mass is 225 g/mol. The smallest absolute Gasteiger partial charge is 0.320 e. The molecule has 0 amide bonds. The van der Waals surface area contributed by atoms with Gasteiger partial charge in [0.05, 0.1) is 0 Å². The molecule has 0 unspecified atom stereocenters.